The van der Waals surface area contributed by atoms with Crippen molar-refractivity contribution in [3.8, 4) is 11.4 Å². The van der Waals surface area contributed by atoms with E-state index in [0.29, 0.717) is 34.5 Å². The summed E-state index contributed by atoms with van der Waals surface area (Å²) < 4.78 is 15.7. The first-order valence-electron chi connectivity index (χ1n) is 13.0. The van der Waals surface area contributed by atoms with Gasteiger partial charge in [-0.3, -0.25) is 10.3 Å². The van der Waals surface area contributed by atoms with E-state index in [4.69, 9.17) is 14.5 Å². The van der Waals surface area contributed by atoms with E-state index in [1.54, 1.807) is 40.1 Å². The molecule has 40 heavy (non-hydrogen) atoms. The van der Waals surface area contributed by atoms with E-state index in [0.717, 1.165) is 17.1 Å². The minimum Gasteiger partial charge on any atom is -0.480 e. The maximum atomic E-state index is 11.5. The molecule has 0 saturated carbocycles. The number of rotatable bonds is 10. The van der Waals surface area contributed by atoms with Crippen LogP contribution < -0.4 is 10.1 Å². The van der Waals surface area contributed by atoms with Gasteiger partial charge in [-0.2, -0.15) is 10.2 Å². The van der Waals surface area contributed by atoms with Crippen LogP contribution in [0.25, 0.3) is 27.6 Å². The van der Waals surface area contributed by atoms with Crippen molar-refractivity contribution in [2.75, 3.05) is 11.9 Å². The highest BCUT2D eigenvalue weighted by atomic mass is 28.3. The predicted molar refractivity (Wildman–Crippen MR) is 154 cm³/mol. The maximum absolute atomic E-state index is 11.5. The highest BCUT2D eigenvalue weighted by Crippen LogP contribution is 2.33. The van der Waals surface area contributed by atoms with Gasteiger partial charge >= 0.3 is 6.09 Å². The first kappa shape index (κ1) is 27.2. The van der Waals surface area contributed by atoms with Gasteiger partial charge in [0.25, 0.3) is 0 Å². The smallest absolute Gasteiger partial charge is 0.410 e. The summed E-state index contributed by atoms with van der Waals surface area (Å²) >= 11 is 0. The van der Waals surface area contributed by atoms with Gasteiger partial charge in [0, 0.05) is 49.7 Å². The first-order valence-corrected chi connectivity index (χ1v) is 16.7. The van der Waals surface area contributed by atoms with E-state index < -0.39 is 20.3 Å². The lowest BCUT2D eigenvalue weighted by Crippen LogP contribution is -2.22. The quantitative estimate of drug-likeness (QED) is 0.169. The summed E-state index contributed by atoms with van der Waals surface area (Å²) in [5.74, 6) is 0.338. The van der Waals surface area contributed by atoms with Crippen molar-refractivity contribution in [1.82, 2.24) is 34.5 Å². The van der Waals surface area contributed by atoms with Crippen LogP contribution in [0.4, 0.5) is 10.6 Å². The van der Waals surface area contributed by atoms with E-state index in [-0.39, 0.29) is 18.3 Å². The lowest BCUT2D eigenvalue weighted by atomic mass is 10.1. The molecule has 0 radical (unpaired) electrons. The zero-order valence-electron chi connectivity index (χ0n) is 23.1. The Morgan fingerprint density at radius 2 is 1.95 bits per heavy atom. The van der Waals surface area contributed by atoms with Crippen molar-refractivity contribution in [2.45, 2.75) is 52.4 Å². The number of ether oxygens (including phenoxy) is 2. The lowest BCUT2D eigenvalue weighted by Gasteiger charge is -2.20. The predicted octanol–water partition coefficient (Wildman–Crippen LogP) is 5.41. The molecular weight excluding hydrogens is 528 g/mol. The monoisotopic (exact) mass is 560 g/mol. The molecule has 2 N–H and O–H groups in total. The Kier molecular flexibility index (Phi) is 7.50. The van der Waals surface area contributed by atoms with Crippen LogP contribution in [0.1, 0.15) is 24.4 Å². The number of aryl methyl sites for hydroxylation is 1. The number of nitrogens with zero attached hydrogens (tertiary/aromatic N) is 7. The Morgan fingerprint density at radius 3 is 2.67 bits per heavy atom. The molecule has 5 aromatic rings. The Labute approximate surface area is 232 Å². The van der Waals surface area contributed by atoms with Crippen molar-refractivity contribution in [1.29, 1.82) is 0 Å². The number of carboxylic acid groups (broad SMARTS) is 1. The van der Waals surface area contributed by atoms with E-state index >= 15 is 0 Å². The molecule has 13 heteroatoms. The number of pyridine rings is 3. The summed E-state index contributed by atoms with van der Waals surface area (Å²) in [6.45, 7) is 11.6. The van der Waals surface area contributed by atoms with Gasteiger partial charge in [-0.05, 0) is 44.2 Å². The average molecular weight is 561 g/mol. The highest BCUT2D eigenvalue weighted by Gasteiger charge is 2.22. The topological polar surface area (TPSA) is 142 Å². The molecule has 0 aliphatic carbocycles. The Bertz CT molecular complexity index is 1660. The van der Waals surface area contributed by atoms with Crippen LogP contribution in [0.5, 0.6) is 5.75 Å². The normalized spacial score (nSPS) is 12.6. The van der Waals surface area contributed by atoms with Crippen LogP contribution in [0.3, 0.4) is 0 Å². The molecule has 0 aromatic carbocycles. The van der Waals surface area contributed by atoms with Crippen LogP contribution in [0.2, 0.25) is 25.7 Å². The van der Waals surface area contributed by atoms with Gasteiger partial charge in [-0.1, -0.05) is 19.6 Å². The van der Waals surface area contributed by atoms with Gasteiger partial charge in [-0.15, -0.1) is 0 Å². The highest BCUT2D eigenvalue weighted by molar-refractivity contribution is 6.76. The molecule has 1 unspecified atom stereocenters. The second-order valence-electron chi connectivity index (χ2n) is 10.8. The average Bonchev–Trinajstić information content (AvgIpc) is 3.55. The molecule has 5 rings (SSSR count). The van der Waals surface area contributed by atoms with Gasteiger partial charge in [0.1, 0.15) is 18.5 Å². The zero-order chi connectivity index (χ0) is 28.4. The molecule has 0 spiro atoms. The number of hydrogen-bond acceptors (Lipinski definition) is 8. The van der Waals surface area contributed by atoms with Crippen LogP contribution in [-0.4, -0.2) is 60.4 Å². The van der Waals surface area contributed by atoms with Gasteiger partial charge in [0.15, 0.2) is 17.2 Å². The van der Waals surface area contributed by atoms with E-state index in [2.05, 4.69) is 45.1 Å². The summed E-state index contributed by atoms with van der Waals surface area (Å²) in [7, 11) is -1.21. The Hall–Kier alpha value is -4.36. The molecule has 208 valence electrons. The van der Waals surface area contributed by atoms with Gasteiger partial charge in [-0.25, -0.2) is 24.1 Å². The molecule has 1 atom stereocenters. The molecule has 0 aliphatic heterocycles. The Balaban J connectivity index is 1.51. The van der Waals surface area contributed by atoms with E-state index in [1.165, 1.54) is 0 Å². The van der Waals surface area contributed by atoms with Crippen molar-refractivity contribution >= 4 is 41.9 Å². The molecule has 0 bridgehead atoms. The number of fused-ring (bicyclic) bond motifs is 2. The lowest BCUT2D eigenvalue weighted by molar-refractivity contribution is 0.0812. The van der Waals surface area contributed by atoms with Crippen molar-refractivity contribution < 1.29 is 19.4 Å². The molecular formula is C27H32N8O4Si. The third kappa shape index (κ3) is 6.10. The maximum Gasteiger partial charge on any atom is 0.410 e. The van der Waals surface area contributed by atoms with Crippen molar-refractivity contribution in [2.24, 2.45) is 0 Å². The minimum absolute atomic E-state index is 0.0833. The van der Waals surface area contributed by atoms with E-state index in [9.17, 15) is 9.90 Å². The molecule has 0 fully saturated rings. The molecule has 5 heterocycles. The van der Waals surface area contributed by atoms with Crippen LogP contribution in [0.15, 0.2) is 49.1 Å². The molecule has 1 amide bonds. The largest absolute Gasteiger partial charge is 0.480 e. The molecule has 0 saturated heterocycles. The summed E-state index contributed by atoms with van der Waals surface area (Å²) in [5.41, 5.74) is 3.32. The van der Waals surface area contributed by atoms with Gasteiger partial charge < -0.3 is 14.6 Å². The number of carbonyl (C=O) groups is 1. The van der Waals surface area contributed by atoms with Crippen LogP contribution >= 0.6 is 0 Å². The fraction of sp³-hybridized carbons (Fsp3) is 0.333. The summed E-state index contributed by atoms with van der Waals surface area (Å²) in [4.78, 5) is 25.3. The second-order valence-corrected chi connectivity index (χ2v) is 16.4. The van der Waals surface area contributed by atoms with Crippen LogP contribution in [-0.2, 0) is 11.5 Å². The van der Waals surface area contributed by atoms with Crippen molar-refractivity contribution in [3.63, 3.8) is 0 Å². The van der Waals surface area contributed by atoms with E-state index in [1.807, 2.05) is 32.2 Å². The number of nitrogens with one attached hydrogen (secondary N) is 1. The SMILES string of the molecule is Cc1cc2nc(NC(=O)O)c(OC(C)c3nc4c(cnn4COCC[Si](C)(C)C)cc3-n3cccn3)cc2cn1. The zero-order valence-corrected chi connectivity index (χ0v) is 24.1. The fourth-order valence-electron chi connectivity index (χ4n) is 4.20. The summed E-state index contributed by atoms with van der Waals surface area (Å²) in [6, 6.07) is 8.35. The molecule has 0 aliphatic rings. The van der Waals surface area contributed by atoms with Crippen molar-refractivity contribution in [3.05, 3.63) is 60.4 Å². The molecule has 12 nitrogen and oxygen atoms in total. The molecule has 5 aromatic heterocycles. The number of hydrogen-bond donors (Lipinski definition) is 2. The number of aromatic nitrogens is 7. The van der Waals surface area contributed by atoms with Gasteiger partial charge in [0.2, 0.25) is 0 Å². The number of anilines is 1. The third-order valence-corrected chi connectivity index (χ3v) is 8.00. The third-order valence-electron chi connectivity index (χ3n) is 6.30. The standard InChI is InChI=1S/C27H32N8O4Si/c1-17-11-21-19(14-28-17)13-23(25(31-21)33-27(36)37)39-18(2)24-22(34-8-6-7-29-34)12-20-15-30-35(26(20)32-24)16-38-9-10-40(3,4)5/h6-8,11-15,18H,9-10,16H2,1-5H3,(H,31,33)(H,36,37). The first-order chi connectivity index (χ1) is 19.1. The summed E-state index contributed by atoms with van der Waals surface area (Å²) in [5, 5.41) is 22.2. The minimum atomic E-state index is -1.25. The van der Waals surface area contributed by atoms with Gasteiger partial charge in [0.05, 0.1) is 17.4 Å². The second kappa shape index (κ2) is 11.0. The number of amides is 1. The Morgan fingerprint density at radius 1 is 1.12 bits per heavy atom. The summed E-state index contributed by atoms with van der Waals surface area (Å²) in [6.07, 6.45) is 5.08. The van der Waals surface area contributed by atoms with Crippen LogP contribution in [0, 0.1) is 6.92 Å². The fourth-order valence-corrected chi connectivity index (χ4v) is 4.96.